The second kappa shape index (κ2) is 7.30. The minimum absolute atomic E-state index is 1.29. The van der Waals surface area contributed by atoms with Crippen LogP contribution in [0.2, 0.25) is 0 Å². The first-order chi connectivity index (χ1) is 17.9. The predicted octanol–water partition coefficient (Wildman–Crippen LogP) is 6.61. The Morgan fingerprint density at radius 3 is 1.64 bits per heavy atom. The minimum Gasteiger partial charge on any atom is -0.355 e. The average Bonchev–Trinajstić information content (AvgIpc) is 2.96. The van der Waals surface area contributed by atoms with Crippen LogP contribution in [0.5, 0.6) is 0 Å². The highest BCUT2D eigenvalue weighted by Gasteiger charge is 2.54. The van der Waals surface area contributed by atoms with Crippen molar-refractivity contribution >= 4 is 45.9 Å². The van der Waals surface area contributed by atoms with Gasteiger partial charge in [0.05, 0.1) is 0 Å². The topological polar surface area (TPSA) is 3.24 Å². The fourth-order valence-corrected chi connectivity index (χ4v) is 11.9. The summed E-state index contributed by atoms with van der Waals surface area (Å²) in [6, 6.07) is 52.1. The molecule has 6 aromatic carbocycles. The molecule has 168 valence electrons. The third-order valence-corrected chi connectivity index (χ3v) is 12.7. The summed E-state index contributed by atoms with van der Waals surface area (Å²) in [6.07, 6.45) is 0. The van der Waals surface area contributed by atoms with Gasteiger partial charge in [0, 0.05) is 22.5 Å². The Balaban J connectivity index is 1.65. The van der Waals surface area contributed by atoms with Crippen LogP contribution < -0.4 is 20.1 Å². The van der Waals surface area contributed by atoms with Crippen LogP contribution >= 0.6 is 0 Å². The van der Waals surface area contributed by atoms with Crippen molar-refractivity contribution in [3.63, 3.8) is 0 Å². The molecule has 0 N–H and O–H groups in total. The van der Waals surface area contributed by atoms with Crippen molar-refractivity contribution in [2.75, 3.05) is 4.57 Å². The molecule has 6 aromatic rings. The second-order valence-electron chi connectivity index (χ2n) is 9.74. The van der Waals surface area contributed by atoms with Gasteiger partial charge in [-0.3, -0.25) is 0 Å². The molecular formula is C34H23NSi. The molecule has 0 bridgehead atoms. The molecule has 0 amide bonds. The molecule has 1 nitrogen and oxygen atoms in total. The van der Waals surface area contributed by atoms with Crippen molar-refractivity contribution in [2.24, 2.45) is 0 Å². The summed E-state index contributed by atoms with van der Waals surface area (Å²) in [7, 11) is -2.70. The molecular weight excluding hydrogens is 450 g/mol. The summed E-state index contributed by atoms with van der Waals surface area (Å²) in [5.74, 6) is 0. The molecule has 1 atom stereocenters. The molecule has 2 aliphatic rings. The Morgan fingerprint density at radius 1 is 0.389 bits per heavy atom. The fourth-order valence-electron chi connectivity index (χ4n) is 6.59. The van der Waals surface area contributed by atoms with E-state index in [-0.39, 0.29) is 0 Å². The third-order valence-electron chi connectivity index (χ3n) is 7.99. The molecule has 0 saturated carbocycles. The third kappa shape index (κ3) is 2.44. The standard InChI is InChI=1S/C34H23NSi/c1-2-14-26(15-3-1)36-33-21-11-8-18-29(33)27-16-6-9-19-31(27)35(36)32-20-10-7-17-28(32)30-22-24-12-4-5-13-25(24)23-34(30)36/h1-23H. The normalized spacial score (nSPS) is 16.9. The van der Waals surface area contributed by atoms with E-state index in [0.29, 0.717) is 0 Å². The molecule has 0 aliphatic carbocycles. The van der Waals surface area contributed by atoms with E-state index in [9.17, 15) is 0 Å². The molecule has 1 unspecified atom stereocenters. The van der Waals surface area contributed by atoms with Crippen molar-refractivity contribution in [2.45, 2.75) is 0 Å². The lowest BCUT2D eigenvalue weighted by Gasteiger charge is -2.52. The van der Waals surface area contributed by atoms with Crippen LogP contribution in [-0.4, -0.2) is 8.24 Å². The van der Waals surface area contributed by atoms with Gasteiger partial charge in [-0.25, -0.2) is 0 Å². The molecule has 2 aliphatic heterocycles. The first-order valence-corrected chi connectivity index (χ1v) is 14.5. The molecule has 0 spiro atoms. The second-order valence-corrected chi connectivity index (χ2v) is 13.3. The monoisotopic (exact) mass is 473 g/mol. The molecule has 2 heterocycles. The van der Waals surface area contributed by atoms with Crippen LogP contribution in [0, 0.1) is 0 Å². The maximum atomic E-state index is 2.74. The van der Waals surface area contributed by atoms with Gasteiger partial charge in [-0.15, -0.1) is 0 Å². The summed E-state index contributed by atoms with van der Waals surface area (Å²) in [5, 5.41) is 6.93. The van der Waals surface area contributed by atoms with E-state index in [0.717, 1.165) is 0 Å². The molecule has 2 heteroatoms. The number of anilines is 2. The summed E-state index contributed by atoms with van der Waals surface area (Å²) in [4.78, 5) is 0. The Morgan fingerprint density at radius 2 is 0.917 bits per heavy atom. The Hall–Kier alpha value is -4.40. The van der Waals surface area contributed by atoms with Gasteiger partial charge >= 0.3 is 0 Å². The number of fused-ring (bicyclic) bond motifs is 12. The van der Waals surface area contributed by atoms with Crippen LogP contribution in [-0.2, 0) is 0 Å². The van der Waals surface area contributed by atoms with Crippen LogP contribution in [0.1, 0.15) is 0 Å². The zero-order chi connectivity index (χ0) is 23.7. The Bertz CT molecular complexity index is 1810. The summed E-state index contributed by atoms with van der Waals surface area (Å²) >= 11 is 0. The SMILES string of the molecule is c1ccc([Si]23c4ccccc4-c4ccccc4N2c2ccccc2-c2cc4ccccc4cc23)cc1. The van der Waals surface area contributed by atoms with Crippen LogP contribution in [0.15, 0.2) is 140 Å². The van der Waals surface area contributed by atoms with Crippen LogP contribution in [0.4, 0.5) is 11.4 Å². The number of hydrogen-bond donors (Lipinski definition) is 0. The lowest BCUT2D eigenvalue weighted by Crippen LogP contribution is -2.79. The zero-order valence-electron chi connectivity index (χ0n) is 19.7. The molecule has 8 rings (SSSR count). The average molecular weight is 474 g/mol. The highest BCUT2D eigenvalue weighted by atomic mass is 28.3. The number of rotatable bonds is 1. The van der Waals surface area contributed by atoms with Crippen LogP contribution in [0.3, 0.4) is 0 Å². The van der Waals surface area contributed by atoms with E-state index in [2.05, 4.69) is 144 Å². The van der Waals surface area contributed by atoms with Crippen molar-refractivity contribution < 1.29 is 0 Å². The fraction of sp³-hybridized carbons (Fsp3) is 0. The number of nitrogens with zero attached hydrogens (tertiary/aromatic N) is 1. The highest BCUT2D eigenvalue weighted by molar-refractivity contribution is 7.16. The molecule has 0 fully saturated rings. The van der Waals surface area contributed by atoms with Gasteiger partial charge in [-0.2, -0.15) is 0 Å². The van der Waals surface area contributed by atoms with E-state index >= 15 is 0 Å². The summed E-state index contributed by atoms with van der Waals surface area (Å²) in [6.45, 7) is 0. The van der Waals surface area contributed by atoms with Crippen molar-refractivity contribution in [1.29, 1.82) is 0 Å². The van der Waals surface area contributed by atoms with E-state index in [1.54, 1.807) is 0 Å². The quantitative estimate of drug-likeness (QED) is 0.243. The van der Waals surface area contributed by atoms with Gasteiger partial charge in [0.1, 0.15) is 0 Å². The van der Waals surface area contributed by atoms with Crippen molar-refractivity contribution in [3.05, 3.63) is 140 Å². The van der Waals surface area contributed by atoms with Crippen LogP contribution in [0.25, 0.3) is 33.0 Å². The van der Waals surface area contributed by atoms with Gasteiger partial charge in [0.2, 0.25) is 0 Å². The van der Waals surface area contributed by atoms with Crippen molar-refractivity contribution in [1.82, 2.24) is 0 Å². The Labute approximate surface area is 212 Å². The van der Waals surface area contributed by atoms with E-state index < -0.39 is 8.24 Å². The predicted molar refractivity (Wildman–Crippen MR) is 154 cm³/mol. The van der Waals surface area contributed by atoms with Gasteiger partial charge in [-0.1, -0.05) is 121 Å². The van der Waals surface area contributed by atoms with Gasteiger partial charge in [0.15, 0.2) is 0 Å². The maximum absolute atomic E-state index is 2.74. The smallest absolute Gasteiger partial charge is 0.258 e. The van der Waals surface area contributed by atoms with Crippen molar-refractivity contribution in [3.8, 4) is 22.3 Å². The maximum Gasteiger partial charge on any atom is 0.258 e. The Kier molecular flexibility index (Phi) is 4.03. The molecule has 0 aromatic heterocycles. The molecule has 0 saturated heterocycles. The summed E-state index contributed by atoms with van der Waals surface area (Å²) in [5.41, 5.74) is 7.96. The number of hydrogen-bond acceptors (Lipinski definition) is 1. The molecule has 36 heavy (non-hydrogen) atoms. The minimum atomic E-state index is -2.70. The summed E-state index contributed by atoms with van der Waals surface area (Å²) < 4.78 is 2.74. The first-order valence-electron chi connectivity index (χ1n) is 12.5. The first kappa shape index (κ1) is 19.9. The molecule has 0 radical (unpaired) electrons. The number of para-hydroxylation sites is 2. The highest BCUT2D eigenvalue weighted by Crippen LogP contribution is 2.49. The van der Waals surface area contributed by atoms with E-state index in [4.69, 9.17) is 0 Å². The lowest BCUT2D eigenvalue weighted by molar-refractivity contribution is 1.32. The number of benzene rings is 6. The van der Waals surface area contributed by atoms with E-state index in [1.165, 1.54) is 60.0 Å². The van der Waals surface area contributed by atoms with Gasteiger partial charge in [-0.05, 0) is 55.7 Å². The van der Waals surface area contributed by atoms with E-state index in [1.807, 2.05) is 0 Å². The zero-order valence-corrected chi connectivity index (χ0v) is 20.7. The largest absolute Gasteiger partial charge is 0.355 e. The van der Waals surface area contributed by atoms with Gasteiger partial charge in [0.25, 0.3) is 8.24 Å². The van der Waals surface area contributed by atoms with Gasteiger partial charge < -0.3 is 4.57 Å². The lowest BCUT2D eigenvalue weighted by atomic mass is 9.97.